The number of amides is 1. The molecule has 0 spiro atoms. The molecule has 3 nitrogen and oxygen atoms in total. The predicted molar refractivity (Wildman–Crippen MR) is 35.3 cm³/mol. The quantitative estimate of drug-likeness (QED) is 0.562. The Morgan fingerprint density at radius 3 is 2.56 bits per heavy atom. The Balaban J connectivity index is 3.46. The molecule has 0 bridgehead atoms. The summed E-state index contributed by atoms with van der Waals surface area (Å²) in [5.41, 5.74) is 0. The van der Waals surface area contributed by atoms with Gasteiger partial charge in [0, 0.05) is 18.3 Å². The van der Waals surface area contributed by atoms with E-state index in [9.17, 15) is 4.79 Å². The van der Waals surface area contributed by atoms with E-state index < -0.39 is 6.09 Å². The number of ether oxygens (including phenoxy) is 1. The van der Waals surface area contributed by atoms with Crippen molar-refractivity contribution in [1.82, 2.24) is 4.42 Å². The second-order valence-corrected chi connectivity index (χ2v) is 1.79. The van der Waals surface area contributed by atoms with Crippen LogP contribution >= 0.6 is 11.8 Å². The monoisotopic (exact) mass is 151 g/mol. The first-order valence-electron chi connectivity index (χ1n) is 2.82. The van der Waals surface area contributed by atoms with Crippen LogP contribution in [-0.4, -0.2) is 23.7 Å². The molecule has 0 saturated heterocycles. The molecule has 0 fully saturated rings. The number of hydrogen-bond donors (Lipinski definition) is 0. The van der Waals surface area contributed by atoms with Gasteiger partial charge in [-0.1, -0.05) is 0 Å². The fourth-order valence-electron chi connectivity index (χ4n) is 0.323. The van der Waals surface area contributed by atoms with Gasteiger partial charge in [0.15, 0.2) is 0 Å². The molecule has 0 aliphatic heterocycles. The van der Waals surface area contributed by atoms with E-state index in [1.165, 1.54) is 0 Å². The van der Waals surface area contributed by atoms with Crippen LogP contribution in [-0.2, 0) is 4.74 Å². The minimum atomic E-state index is -0.485. The summed E-state index contributed by atoms with van der Waals surface area (Å²) in [4.78, 5) is 10.5. The van der Waals surface area contributed by atoms with Gasteiger partial charge in [-0.15, -0.1) is 0 Å². The summed E-state index contributed by atoms with van der Waals surface area (Å²) in [5, 5.41) is 0. The molecule has 0 aromatic rings. The Morgan fingerprint density at radius 1 is 1.67 bits per heavy atom. The van der Waals surface area contributed by atoms with E-state index in [2.05, 4.69) is 4.74 Å². The third-order valence-electron chi connectivity index (χ3n) is 0.744. The summed E-state index contributed by atoms with van der Waals surface area (Å²) < 4.78 is 5.54. The van der Waals surface area contributed by atoms with Gasteiger partial charge in [0.05, 0.1) is 6.61 Å². The maximum Gasteiger partial charge on any atom is 0.424 e. The van der Waals surface area contributed by atoms with Crippen LogP contribution in [0.2, 0.25) is 0 Å². The molecule has 0 saturated carbocycles. The van der Waals surface area contributed by atoms with Crippen molar-refractivity contribution in [2.45, 2.75) is 13.8 Å². The molecule has 1 amide bonds. The second-order valence-electron chi connectivity index (χ2n) is 1.38. The van der Waals surface area contributed by atoms with Crippen LogP contribution in [0.4, 0.5) is 4.79 Å². The van der Waals surface area contributed by atoms with Gasteiger partial charge in [-0.25, -0.2) is 9.21 Å². The third kappa shape index (κ3) is 3.19. The van der Waals surface area contributed by atoms with E-state index in [0.29, 0.717) is 13.2 Å². The number of carbonyl (C=O) groups excluding carboxylic acids is 1. The summed E-state index contributed by atoms with van der Waals surface area (Å²) in [6, 6.07) is 0. The first-order chi connectivity index (χ1) is 4.22. The van der Waals surface area contributed by atoms with Crippen molar-refractivity contribution < 1.29 is 9.53 Å². The Labute approximate surface area is 59.6 Å². The van der Waals surface area contributed by atoms with E-state index >= 15 is 0 Å². The predicted octanol–water partition coefficient (Wildman–Crippen LogP) is 1.62. The molecule has 0 aromatic carbocycles. The highest BCUT2D eigenvalue weighted by Gasteiger charge is 2.06. The average Bonchev–Trinajstić information content (AvgIpc) is 1.87. The third-order valence-corrected chi connectivity index (χ3v) is 1.12. The molecule has 0 rings (SSSR count). The van der Waals surface area contributed by atoms with Gasteiger partial charge in [0.25, 0.3) is 0 Å². The van der Waals surface area contributed by atoms with Crippen LogP contribution in [0.25, 0.3) is 0 Å². The maximum atomic E-state index is 10.5. The Kier molecular flexibility index (Phi) is 4.22. The van der Waals surface area contributed by atoms with E-state index in [-0.39, 0.29) is 0 Å². The maximum absolute atomic E-state index is 10.5. The SMILES string of the molecule is CCOC(=O)N(Cl)CC. The van der Waals surface area contributed by atoms with Crippen LogP contribution < -0.4 is 0 Å². The van der Waals surface area contributed by atoms with Crippen molar-refractivity contribution >= 4 is 17.9 Å². The Bertz CT molecular complexity index is 97.0. The van der Waals surface area contributed by atoms with Crippen LogP contribution in [0.5, 0.6) is 0 Å². The fraction of sp³-hybridized carbons (Fsp3) is 0.800. The van der Waals surface area contributed by atoms with Gasteiger partial charge in [0.2, 0.25) is 0 Å². The number of halogens is 1. The molecule has 0 radical (unpaired) electrons. The van der Waals surface area contributed by atoms with Gasteiger partial charge in [-0.05, 0) is 13.8 Å². The van der Waals surface area contributed by atoms with Crippen molar-refractivity contribution in [2.75, 3.05) is 13.2 Å². The molecule has 4 heteroatoms. The summed E-state index contributed by atoms with van der Waals surface area (Å²) in [6.07, 6.45) is -0.485. The lowest BCUT2D eigenvalue weighted by molar-refractivity contribution is 0.133. The lowest BCUT2D eigenvalue weighted by atomic mass is 10.7. The summed E-state index contributed by atoms with van der Waals surface area (Å²) in [7, 11) is 0. The molecule has 0 N–H and O–H groups in total. The van der Waals surface area contributed by atoms with E-state index in [0.717, 1.165) is 4.42 Å². The van der Waals surface area contributed by atoms with Crippen LogP contribution in [0.1, 0.15) is 13.8 Å². The zero-order valence-electron chi connectivity index (χ0n) is 5.56. The first kappa shape index (κ1) is 8.56. The van der Waals surface area contributed by atoms with Crippen LogP contribution in [0.3, 0.4) is 0 Å². The zero-order chi connectivity index (χ0) is 7.28. The first-order valence-corrected chi connectivity index (χ1v) is 3.16. The van der Waals surface area contributed by atoms with E-state index in [4.69, 9.17) is 11.8 Å². The van der Waals surface area contributed by atoms with Gasteiger partial charge >= 0.3 is 6.09 Å². The van der Waals surface area contributed by atoms with Crippen molar-refractivity contribution in [2.24, 2.45) is 0 Å². The van der Waals surface area contributed by atoms with Gasteiger partial charge in [-0.2, -0.15) is 0 Å². The minimum absolute atomic E-state index is 0.363. The van der Waals surface area contributed by atoms with Gasteiger partial charge in [0.1, 0.15) is 0 Å². The molecule has 0 unspecified atom stereocenters. The largest absolute Gasteiger partial charge is 0.449 e. The normalized spacial score (nSPS) is 8.78. The van der Waals surface area contributed by atoms with Crippen molar-refractivity contribution in [3.63, 3.8) is 0 Å². The minimum Gasteiger partial charge on any atom is -0.449 e. The van der Waals surface area contributed by atoms with Gasteiger partial charge in [-0.3, -0.25) is 0 Å². The number of rotatable bonds is 2. The van der Waals surface area contributed by atoms with Crippen LogP contribution in [0.15, 0.2) is 0 Å². The van der Waals surface area contributed by atoms with E-state index in [1.54, 1.807) is 13.8 Å². The Morgan fingerprint density at radius 2 is 2.22 bits per heavy atom. The number of carbonyl (C=O) groups is 1. The molecule has 54 valence electrons. The topological polar surface area (TPSA) is 29.5 Å². The smallest absolute Gasteiger partial charge is 0.424 e. The lowest BCUT2D eigenvalue weighted by Gasteiger charge is -2.08. The number of hydrogen-bond acceptors (Lipinski definition) is 2. The molecular formula is C5H10ClNO2. The summed E-state index contributed by atoms with van der Waals surface area (Å²) >= 11 is 5.35. The Hall–Kier alpha value is -0.440. The second kappa shape index (κ2) is 4.44. The van der Waals surface area contributed by atoms with Crippen molar-refractivity contribution in [3.05, 3.63) is 0 Å². The highest BCUT2D eigenvalue weighted by molar-refractivity contribution is 6.20. The van der Waals surface area contributed by atoms with Gasteiger partial charge < -0.3 is 4.74 Å². The molecule has 0 atom stereocenters. The molecule has 0 heterocycles. The number of nitrogens with zero attached hydrogens (tertiary/aromatic N) is 1. The fourth-order valence-corrected chi connectivity index (χ4v) is 0.371. The lowest BCUT2D eigenvalue weighted by Crippen LogP contribution is -2.21. The highest BCUT2D eigenvalue weighted by atomic mass is 35.5. The molecule has 0 aliphatic rings. The highest BCUT2D eigenvalue weighted by Crippen LogP contribution is 1.96. The summed E-state index contributed by atoms with van der Waals surface area (Å²) in [5.74, 6) is 0. The zero-order valence-corrected chi connectivity index (χ0v) is 6.31. The average molecular weight is 152 g/mol. The summed E-state index contributed by atoms with van der Waals surface area (Å²) in [6.45, 7) is 4.32. The molecule has 0 aliphatic carbocycles. The van der Waals surface area contributed by atoms with Crippen LogP contribution in [0, 0.1) is 0 Å². The van der Waals surface area contributed by atoms with E-state index in [1.807, 2.05) is 0 Å². The molecule has 0 aromatic heterocycles. The van der Waals surface area contributed by atoms with Crippen molar-refractivity contribution in [1.29, 1.82) is 0 Å². The van der Waals surface area contributed by atoms with Crippen molar-refractivity contribution in [3.8, 4) is 0 Å². The standard InChI is InChI=1S/C5H10ClNO2/c1-3-7(6)5(8)9-4-2/h3-4H2,1-2H3. The molecular weight excluding hydrogens is 142 g/mol. The molecule has 9 heavy (non-hydrogen) atoms.